The molecule has 0 fully saturated rings. The van der Waals surface area contributed by atoms with Gasteiger partial charge in [0.15, 0.2) is 5.78 Å². The molecule has 0 N–H and O–H groups in total. The van der Waals surface area contributed by atoms with E-state index in [9.17, 15) is 9.59 Å². The van der Waals surface area contributed by atoms with E-state index in [0.717, 1.165) is 6.92 Å². The molecule has 0 bridgehead atoms. The van der Waals surface area contributed by atoms with Gasteiger partial charge in [0.1, 0.15) is 0 Å². The summed E-state index contributed by atoms with van der Waals surface area (Å²) in [6.07, 6.45) is 0. The molecule has 10 heavy (non-hydrogen) atoms. The number of carbonyl (C=O) groups excluding carboxylic acids is 2. The van der Waals surface area contributed by atoms with Crippen LogP contribution >= 0.6 is 0 Å². The highest BCUT2D eigenvalue weighted by Gasteiger charge is 1.92. The van der Waals surface area contributed by atoms with Crippen LogP contribution in [0.3, 0.4) is 0 Å². The first-order chi connectivity index (χ1) is 5.50. The van der Waals surface area contributed by atoms with Gasteiger partial charge in [-0.15, -0.1) is 0 Å². The van der Waals surface area contributed by atoms with Crippen molar-refractivity contribution in [2.75, 3.05) is 6.61 Å². The van der Waals surface area contributed by atoms with Crippen molar-refractivity contribution >= 4 is 11.8 Å². The van der Waals surface area contributed by atoms with E-state index in [0.29, 0.717) is 0 Å². The molecule has 0 rings (SSSR count). The van der Waals surface area contributed by atoms with Gasteiger partial charge in [0.25, 0.3) is 0 Å². The van der Waals surface area contributed by atoms with Gasteiger partial charge in [-0.1, -0.05) is 0 Å². The van der Waals surface area contributed by atoms with E-state index in [1.165, 1.54) is 0 Å². The van der Waals surface area contributed by atoms with Gasteiger partial charge >= 0.3 is 5.97 Å². The highest BCUT2D eigenvalue weighted by Crippen LogP contribution is 1.81. The number of hydrogen-bond acceptors (Lipinski definition) is 3. The number of allylic oxidation sites excluding steroid dienone is 1. The van der Waals surface area contributed by atoms with Crippen LogP contribution in [0, 0.1) is 0 Å². The molecule has 0 aromatic rings. The largest absolute Gasteiger partial charge is 0.463 e. The minimum absolute atomic E-state index is 0.131. The van der Waals surface area contributed by atoms with Crippen molar-refractivity contribution < 1.29 is 17.1 Å². The van der Waals surface area contributed by atoms with Gasteiger partial charge in [-0.25, -0.2) is 4.79 Å². The number of rotatable bonds is 3. The first kappa shape index (κ1) is 5.65. The lowest BCUT2D eigenvalue weighted by molar-refractivity contribution is -0.137. The fourth-order valence-electron chi connectivity index (χ4n) is 0.306. The van der Waals surface area contributed by atoms with Crippen molar-refractivity contribution in [3.63, 3.8) is 0 Å². The summed E-state index contributed by atoms with van der Waals surface area (Å²) in [6.45, 7) is 2.84. The standard InChI is InChI=1S/C7H10O3/c1-3-10-7(9)5-4-6(2)8/h4-5H,3H2,1-2H3/b5-4+/i4D,5D. The molecular formula is C7H10O3. The number of hydrogen-bond donors (Lipinski definition) is 0. The topological polar surface area (TPSA) is 43.4 Å². The van der Waals surface area contributed by atoms with Crippen LogP contribution in [0.2, 0.25) is 0 Å². The van der Waals surface area contributed by atoms with E-state index in [1.54, 1.807) is 6.92 Å². The maximum Gasteiger partial charge on any atom is 0.330 e. The zero-order valence-corrected chi connectivity index (χ0v) is 5.93. The summed E-state index contributed by atoms with van der Waals surface area (Å²) in [5, 5.41) is 0. The van der Waals surface area contributed by atoms with Crippen LogP contribution in [-0.4, -0.2) is 18.4 Å². The van der Waals surface area contributed by atoms with Gasteiger partial charge in [0, 0.05) is 6.05 Å². The Labute approximate surface area is 62.5 Å². The Kier molecular flexibility index (Phi) is 2.67. The van der Waals surface area contributed by atoms with Crippen molar-refractivity contribution in [1.29, 1.82) is 0 Å². The number of ketones is 1. The molecule has 0 aromatic heterocycles. The zero-order chi connectivity index (χ0) is 9.72. The summed E-state index contributed by atoms with van der Waals surface area (Å²) < 4.78 is 18.4. The summed E-state index contributed by atoms with van der Waals surface area (Å²) in [7, 11) is 0. The monoisotopic (exact) mass is 144 g/mol. The molecule has 0 heterocycles. The number of esters is 1. The molecule has 3 nitrogen and oxygen atoms in total. The highest BCUT2D eigenvalue weighted by atomic mass is 16.5. The summed E-state index contributed by atoms with van der Waals surface area (Å²) in [4.78, 5) is 21.3. The predicted molar refractivity (Wildman–Crippen MR) is 36.5 cm³/mol. The van der Waals surface area contributed by atoms with Crippen LogP contribution in [0.25, 0.3) is 0 Å². The van der Waals surface area contributed by atoms with Crippen LogP contribution in [-0.2, 0) is 14.3 Å². The molecule has 56 valence electrons. The normalized spacial score (nSPS) is 14.6. The molecular weight excluding hydrogens is 132 g/mol. The van der Waals surface area contributed by atoms with E-state index in [2.05, 4.69) is 4.74 Å². The van der Waals surface area contributed by atoms with Gasteiger partial charge < -0.3 is 4.74 Å². The smallest absolute Gasteiger partial charge is 0.330 e. The molecule has 3 heteroatoms. The van der Waals surface area contributed by atoms with Crippen molar-refractivity contribution in [3.05, 3.63) is 12.1 Å². The van der Waals surface area contributed by atoms with E-state index in [4.69, 9.17) is 2.74 Å². The summed E-state index contributed by atoms with van der Waals surface area (Å²) in [5.41, 5.74) is 0. The Morgan fingerprint density at radius 1 is 1.60 bits per heavy atom. The quantitative estimate of drug-likeness (QED) is 0.432. The molecule has 0 saturated heterocycles. The summed E-state index contributed by atoms with van der Waals surface area (Å²) in [6, 6.07) is -1.31. The molecule has 0 spiro atoms. The minimum Gasteiger partial charge on any atom is -0.463 e. The van der Waals surface area contributed by atoms with E-state index in [-0.39, 0.29) is 6.61 Å². The SMILES string of the molecule is [2H]/C(C(C)=O)=C(/[2H])C(=O)OCC. The fraction of sp³-hybridized carbons (Fsp3) is 0.429. The Morgan fingerprint density at radius 2 is 2.20 bits per heavy atom. The average molecular weight is 144 g/mol. The first-order valence-corrected chi connectivity index (χ1v) is 2.86. The van der Waals surface area contributed by atoms with Crippen molar-refractivity contribution in [2.24, 2.45) is 0 Å². The lowest BCUT2D eigenvalue weighted by Gasteiger charge is -1.92. The molecule has 0 radical (unpaired) electrons. The van der Waals surface area contributed by atoms with Crippen LogP contribution < -0.4 is 0 Å². The van der Waals surface area contributed by atoms with Crippen LogP contribution in [0.5, 0.6) is 0 Å². The lowest BCUT2D eigenvalue weighted by atomic mass is 10.4. The Bertz CT molecular complexity index is 233. The molecule has 0 unspecified atom stereocenters. The molecule has 0 aliphatic rings. The minimum atomic E-state index is -0.933. The van der Waals surface area contributed by atoms with Gasteiger partial charge in [-0.2, -0.15) is 0 Å². The van der Waals surface area contributed by atoms with E-state index in [1.807, 2.05) is 0 Å². The predicted octanol–water partition coefficient (Wildman–Crippen LogP) is 0.695. The second-order valence-corrected chi connectivity index (χ2v) is 1.53. The van der Waals surface area contributed by atoms with Crippen molar-refractivity contribution in [2.45, 2.75) is 13.8 Å². The Hall–Kier alpha value is -1.12. The van der Waals surface area contributed by atoms with Gasteiger partial charge in [0.2, 0.25) is 0 Å². The first-order valence-electron chi connectivity index (χ1n) is 3.86. The third kappa shape index (κ3) is 5.03. The van der Waals surface area contributed by atoms with Crippen LogP contribution in [0.4, 0.5) is 0 Å². The van der Waals surface area contributed by atoms with E-state index >= 15 is 0 Å². The fourth-order valence-corrected chi connectivity index (χ4v) is 0.306. The Morgan fingerprint density at radius 3 is 2.60 bits per heavy atom. The van der Waals surface area contributed by atoms with Gasteiger partial charge in [-0.05, 0) is 19.9 Å². The van der Waals surface area contributed by atoms with Gasteiger partial charge in [-0.3, -0.25) is 4.79 Å². The number of carbonyl (C=O) groups is 2. The highest BCUT2D eigenvalue weighted by molar-refractivity contribution is 5.94. The zero-order valence-electron chi connectivity index (χ0n) is 7.93. The second kappa shape index (κ2) is 4.73. The molecule has 0 amide bonds. The molecule has 0 aliphatic heterocycles. The van der Waals surface area contributed by atoms with Crippen molar-refractivity contribution in [3.8, 4) is 0 Å². The third-order valence-electron chi connectivity index (χ3n) is 0.616. The molecule has 0 saturated carbocycles. The molecule has 0 aliphatic carbocycles. The van der Waals surface area contributed by atoms with Crippen LogP contribution in [0.15, 0.2) is 12.1 Å². The second-order valence-electron chi connectivity index (χ2n) is 1.53. The maximum absolute atomic E-state index is 10.7. The van der Waals surface area contributed by atoms with E-state index < -0.39 is 23.9 Å². The maximum atomic E-state index is 10.7. The summed E-state index contributed by atoms with van der Waals surface area (Å²) >= 11 is 0. The molecule has 0 aromatic carbocycles. The average Bonchev–Trinajstić information content (AvgIpc) is 2.02. The van der Waals surface area contributed by atoms with Gasteiger partial charge in [0.05, 0.1) is 9.35 Å². The van der Waals surface area contributed by atoms with Crippen LogP contribution in [0.1, 0.15) is 16.6 Å². The lowest BCUT2D eigenvalue weighted by Crippen LogP contribution is -1.99. The van der Waals surface area contributed by atoms with Crippen molar-refractivity contribution in [1.82, 2.24) is 0 Å². The molecule has 0 atom stereocenters. The Balaban J connectivity index is 4.55. The summed E-state index contributed by atoms with van der Waals surface area (Å²) in [5.74, 6) is -1.55. The third-order valence-corrected chi connectivity index (χ3v) is 0.616. The number of ether oxygens (including phenoxy) is 1.